The maximum Gasteiger partial charge on any atom is 0.123 e. The molecule has 0 aliphatic heterocycles. The summed E-state index contributed by atoms with van der Waals surface area (Å²) in [5.41, 5.74) is -0.191. The highest BCUT2D eigenvalue weighted by molar-refractivity contribution is 5.23. The summed E-state index contributed by atoms with van der Waals surface area (Å²) in [6.07, 6.45) is 5.69. The molecular formula is C16H23FO. The van der Waals surface area contributed by atoms with Crippen molar-refractivity contribution in [3.8, 4) is 0 Å². The molecule has 1 nitrogen and oxygen atoms in total. The molecule has 0 spiro atoms. The lowest BCUT2D eigenvalue weighted by atomic mass is 9.71. The number of halogens is 1. The molecule has 1 saturated carbocycles. The Kier molecular flexibility index (Phi) is 4.06. The predicted octanol–water partition coefficient (Wildman–Crippen LogP) is 4.25. The lowest BCUT2D eigenvalue weighted by Crippen LogP contribution is -2.34. The van der Waals surface area contributed by atoms with E-state index in [2.05, 4.69) is 6.92 Å². The number of hydrogen-bond acceptors (Lipinski definition) is 1. The summed E-state index contributed by atoms with van der Waals surface area (Å²) in [5.74, 6) is 0.793. The Bertz CT molecular complexity index is 392. The van der Waals surface area contributed by atoms with E-state index >= 15 is 0 Å². The second-order valence-electron chi connectivity index (χ2n) is 5.78. The van der Waals surface area contributed by atoms with Crippen LogP contribution in [0.25, 0.3) is 0 Å². The van der Waals surface area contributed by atoms with E-state index in [0.717, 1.165) is 18.8 Å². The number of rotatable bonds is 3. The van der Waals surface area contributed by atoms with Crippen LogP contribution in [0, 0.1) is 17.7 Å². The molecule has 100 valence electrons. The summed E-state index contributed by atoms with van der Waals surface area (Å²) in [6, 6.07) is 6.39. The van der Waals surface area contributed by atoms with Gasteiger partial charge in [0.1, 0.15) is 5.82 Å². The Morgan fingerprint density at radius 3 is 2.50 bits per heavy atom. The lowest BCUT2D eigenvalue weighted by Gasteiger charge is -2.38. The van der Waals surface area contributed by atoms with Crippen LogP contribution < -0.4 is 0 Å². The van der Waals surface area contributed by atoms with Crippen LogP contribution >= 0.6 is 0 Å². The maximum atomic E-state index is 13.3. The van der Waals surface area contributed by atoms with Crippen molar-refractivity contribution < 1.29 is 9.50 Å². The smallest absolute Gasteiger partial charge is 0.123 e. The number of hydrogen-bond donors (Lipinski definition) is 1. The Labute approximate surface area is 109 Å². The number of aliphatic hydroxyl groups is 1. The molecule has 18 heavy (non-hydrogen) atoms. The van der Waals surface area contributed by atoms with E-state index < -0.39 is 5.60 Å². The second kappa shape index (κ2) is 5.40. The van der Waals surface area contributed by atoms with Gasteiger partial charge in [-0.3, -0.25) is 0 Å². The molecule has 2 rings (SSSR count). The normalized spacial score (nSPS) is 27.8. The SMILES string of the molecule is CCC1CCC(C(C)(O)c2cccc(F)c2)CC1. The zero-order valence-electron chi connectivity index (χ0n) is 11.3. The summed E-state index contributed by atoms with van der Waals surface area (Å²) in [5, 5.41) is 10.7. The molecule has 0 radical (unpaired) electrons. The van der Waals surface area contributed by atoms with Gasteiger partial charge in [-0.25, -0.2) is 4.39 Å². The topological polar surface area (TPSA) is 20.2 Å². The van der Waals surface area contributed by atoms with Gasteiger partial charge >= 0.3 is 0 Å². The average Bonchev–Trinajstić information content (AvgIpc) is 2.39. The van der Waals surface area contributed by atoms with Crippen LogP contribution in [-0.4, -0.2) is 5.11 Å². The third kappa shape index (κ3) is 2.74. The van der Waals surface area contributed by atoms with Crippen molar-refractivity contribution >= 4 is 0 Å². The minimum atomic E-state index is -0.902. The van der Waals surface area contributed by atoms with E-state index in [1.165, 1.54) is 31.4 Å². The third-order valence-electron chi connectivity index (χ3n) is 4.63. The van der Waals surface area contributed by atoms with Crippen LogP contribution in [0.4, 0.5) is 4.39 Å². The molecule has 1 unspecified atom stereocenters. The largest absolute Gasteiger partial charge is 0.385 e. The van der Waals surface area contributed by atoms with Gasteiger partial charge in [0, 0.05) is 0 Å². The van der Waals surface area contributed by atoms with Crippen LogP contribution in [0.3, 0.4) is 0 Å². The van der Waals surface area contributed by atoms with Crippen molar-refractivity contribution in [2.45, 2.75) is 51.6 Å². The van der Waals surface area contributed by atoms with Gasteiger partial charge in [0.05, 0.1) is 5.60 Å². The van der Waals surface area contributed by atoms with Crippen LogP contribution in [0.2, 0.25) is 0 Å². The maximum absolute atomic E-state index is 13.3. The van der Waals surface area contributed by atoms with E-state index in [4.69, 9.17) is 0 Å². The molecule has 0 amide bonds. The quantitative estimate of drug-likeness (QED) is 0.850. The Morgan fingerprint density at radius 1 is 1.28 bits per heavy atom. The third-order valence-corrected chi connectivity index (χ3v) is 4.63. The van der Waals surface area contributed by atoms with E-state index in [-0.39, 0.29) is 11.7 Å². The molecule has 1 aromatic rings. The zero-order chi connectivity index (χ0) is 13.2. The highest BCUT2D eigenvalue weighted by Crippen LogP contribution is 2.41. The summed E-state index contributed by atoms with van der Waals surface area (Å²) in [7, 11) is 0. The van der Waals surface area contributed by atoms with Crippen molar-refractivity contribution in [1.82, 2.24) is 0 Å². The highest BCUT2D eigenvalue weighted by Gasteiger charge is 2.36. The van der Waals surface area contributed by atoms with Gasteiger partial charge in [0.15, 0.2) is 0 Å². The van der Waals surface area contributed by atoms with Gasteiger partial charge in [0.2, 0.25) is 0 Å². The minimum Gasteiger partial charge on any atom is -0.385 e. The first-order valence-corrected chi connectivity index (χ1v) is 7.02. The first-order chi connectivity index (χ1) is 8.54. The Hall–Kier alpha value is -0.890. The van der Waals surface area contributed by atoms with E-state index in [1.807, 2.05) is 13.0 Å². The first kappa shape index (κ1) is 13.5. The van der Waals surface area contributed by atoms with Crippen molar-refractivity contribution in [3.05, 3.63) is 35.6 Å². The summed E-state index contributed by atoms with van der Waals surface area (Å²) in [6.45, 7) is 4.06. The molecule has 1 aliphatic rings. The van der Waals surface area contributed by atoms with Gasteiger partial charge in [0.25, 0.3) is 0 Å². The van der Waals surface area contributed by atoms with E-state index in [0.29, 0.717) is 5.56 Å². The van der Waals surface area contributed by atoms with E-state index in [9.17, 15) is 9.50 Å². The first-order valence-electron chi connectivity index (χ1n) is 7.02. The molecule has 1 aliphatic carbocycles. The molecule has 0 saturated heterocycles. The van der Waals surface area contributed by atoms with Gasteiger partial charge < -0.3 is 5.11 Å². The zero-order valence-corrected chi connectivity index (χ0v) is 11.3. The fourth-order valence-corrected chi connectivity index (χ4v) is 3.17. The van der Waals surface area contributed by atoms with E-state index in [1.54, 1.807) is 6.07 Å². The Balaban J connectivity index is 2.11. The fourth-order valence-electron chi connectivity index (χ4n) is 3.17. The molecule has 0 bridgehead atoms. The molecular weight excluding hydrogens is 227 g/mol. The van der Waals surface area contributed by atoms with Crippen LogP contribution in [-0.2, 0) is 5.60 Å². The highest BCUT2D eigenvalue weighted by atomic mass is 19.1. The molecule has 0 aromatic heterocycles. The standard InChI is InChI=1S/C16H23FO/c1-3-12-7-9-13(10-8-12)16(2,18)14-5-4-6-15(17)11-14/h4-6,11-13,18H,3,7-10H2,1-2H3. The predicted molar refractivity (Wildman–Crippen MR) is 71.7 cm³/mol. The van der Waals surface area contributed by atoms with Gasteiger partial charge in [-0.1, -0.05) is 38.3 Å². The average molecular weight is 250 g/mol. The van der Waals surface area contributed by atoms with Crippen molar-refractivity contribution in [1.29, 1.82) is 0 Å². The Morgan fingerprint density at radius 2 is 1.94 bits per heavy atom. The van der Waals surface area contributed by atoms with Crippen LogP contribution in [0.5, 0.6) is 0 Å². The van der Waals surface area contributed by atoms with Crippen LogP contribution in [0.1, 0.15) is 51.5 Å². The van der Waals surface area contributed by atoms with Crippen molar-refractivity contribution in [2.75, 3.05) is 0 Å². The summed E-state index contributed by atoms with van der Waals surface area (Å²) >= 11 is 0. The molecule has 0 heterocycles. The van der Waals surface area contributed by atoms with Crippen molar-refractivity contribution in [3.63, 3.8) is 0 Å². The lowest BCUT2D eigenvalue weighted by molar-refractivity contribution is -0.0278. The van der Waals surface area contributed by atoms with Gasteiger partial charge in [-0.05, 0) is 49.3 Å². The molecule has 1 N–H and O–H groups in total. The van der Waals surface area contributed by atoms with Gasteiger partial charge in [-0.15, -0.1) is 0 Å². The monoisotopic (exact) mass is 250 g/mol. The molecule has 1 atom stereocenters. The number of benzene rings is 1. The summed E-state index contributed by atoms with van der Waals surface area (Å²) in [4.78, 5) is 0. The van der Waals surface area contributed by atoms with Crippen molar-refractivity contribution in [2.24, 2.45) is 11.8 Å². The molecule has 1 aromatic carbocycles. The molecule has 2 heteroatoms. The molecule has 1 fully saturated rings. The minimum absolute atomic E-state index is 0.252. The summed E-state index contributed by atoms with van der Waals surface area (Å²) < 4.78 is 13.3. The van der Waals surface area contributed by atoms with Crippen LogP contribution in [0.15, 0.2) is 24.3 Å². The fraction of sp³-hybridized carbons (Fsp3) is 0.625. The second-order valence-corrected chi connectivity index (χ2v) is 5.78. The van der Waals surface area contributed by atoms with Gasteiger partial charge in [-0.2, -0.15) is 0 Å².